The van der Waals surface area contributed by atoms with E-state index in [-0.39, 0.29) is 18.2 Å². The molecule has 1 aliphatic rings. The number of rotatable bonds is 5. The van der Waals surface area contributed by atoms with Crippen molar-refractivity contribution in [1.82, 2.24) is 14.8 Å². The van der Waals surface area contributed by atoms with Crippen molar-refractivity contribution in [2.45, 2.75) is 12.5 Å². The molecule has 0 saturated carbocycles. The average Bonchev–Trinajstić information content (AvgIpc) is 3.21. The summed E-state index contributed by atoms with van der Waals surface area (Å²) in [5, 5.41) is 9.85. The van der Waals surface area contributed by atoms with Gasteiger partial charge in [-0.3, -0.25) is 14.9 Å². The number of nitrogens with zero attached hydrogens (tertiary/aromatic N) is 3. The van der Waals surface area contributed by atoms with Crippen LogP contribution in [0.4, 0.5) is 11.6 Å². The zero-order chi connectivity index (χ0) is 18.8. The Bertz CT molecular complexity index is 1000. The molecular weight excluding hydrogens is 346 g/mol. The molecule has 1 aliphatic heterocycles. The minimum absolute atomic E-state index is 0.0480. The average molecular weight is 363 g/mol. The minimum Gasteiger partial charge on any atom is -0.497 e. The molecular formula is C19H17N5O3. The summed E-state index contributed by atoms with van der Waals surface area (Å²) < 4.78 is 6.61. The van der Waals surface area contributed by atoms with Crippen LogP contribution in [0.25, 0.3) is 11.4 Å². The van der Waals surface area contributed by atoms with Gasteiger partial charge in [-0.1, -0.05) is 36.4 Å². The quantitative estimate of drug-likeness (QED) is 0.726. The maximum atomic E-state index is 12.4. The maximum absolute atomic E-state index is 12.4. The minimum atomic E-state index is -0.740. The summed E-state index contributed by atoms with van der Waals surface area (Å²) in [5.41, 5.74) is 1.44. The summed E-state index contributed by atoms with van der Waals surface area (Å²) in [6, 6.07) is 15.7. The second-order valence-corrected chi connectivity index (χ2v) is 6.06. The van der Waals surface area contributed by atoms with Crippen molar-refractivity contribution in [2.24, 2.45) is 0 Å². The lowest BCUT2D eigenvalue weighted by atomic mass is 10.2. The van der Waals surface area contributed by atoms with Crippen molar-refractivity contribution in [1.29, 1.82) is 0 Å². The van der Waals surface area contributed by atoms with Crippen molar-refractivity contribution in [3.8, 4) is 17.1 Å². The highest BCUT2D eigenvalue weighted by Crippen LogP contribution is 2.28. The van der Waals surface area contributed by atoms with E-state index in [1.165, 1.54) is 4.68 Å². The molecule has 8 heteroatoms. The molecule has 136 valence electrons. The SMILES string of the molecule is COc1cccc(NC(=O)CC2C(=O)Nc3nc(-c4ccccc4)nn32)c1. The summed E-state index contributed by atoms with van der Waals surface area (Å²) in [7, 11) is 1.56. The first-order valence-electron chi connectivity index (χ1n) is 8.41. The van der Waals surface area contributed by atoms with Gasteiger partial charge in [0.15, 0.2) is 5.82 Å². The monoisotopic (exact) mass is 363 g/mol. The Kier molecular flexibility index (Phi) is 4.29. The van der Waals surface area contributed by atoms with Crippen molar-refractivity contribution in [3.05, 3.63) is 54.6 Å². The summed E-state index contributed by atoms with van der Waals surface area (Å²) in [5.74, 6) is 0.887. The van der Waals surface area contributed by atoms with Gasteiger partial charge in [-0.05, 0) is 12.1 Å². The van der Waals surface area contributed by atoms with Crippen molar-refractivity contribution >= 4 is 23.5 Å². The summed E-state index contributed by atoms with van der Waals surface area (Å²) in [4.78, 5) is 29.0. The number of carbonyl (C=O) groups is 2. The summed E-state index contributed by atoms with van der Waals surface area (Å²) >= 11 is 0. The predicted octanol–water partition coefficient (Wildman–Crippen LogP) is 2.48. The van der Waals surface area contributed by atoms with E-state index in [4.69, 9.17) is 4.74 Å². The van der Waals surface area contributed by atoms with E-state index in [9.17, 15) is 9.59 Å². The van der Waals surface area contributed by atoms with E-state index < -0.39 is 6.04 Å². The van der Waals surface area contributed by atoms with Crippen LogP contribution in [0.1, 0.15) is 12.5 Å². The number of hydrogen-bond acceptors (Lipinski definition) is 5. The molecule has 0 saturated heterocycles. The Morgan fingerprint density at radius 2 is 2.04 bits per heavy atom. The molecule has 2 amide bonds. The first-order valence-corrected chi connectivity index (χ1v) is 8.41. The predicted molar refractivity (Wildman–Crippen MR) is 99.4 cm³/mol. The molecule has 8 nitrogen and oxygen atoms in total. The highest BCUT2D eigenvalue weighted by molar-refractivity contribution is 6.01. The third-order valence-corrected chi connectivity index (χ3v) is 4.23. The van der Waals surface area contributed by atoms with Gasteiger partial charge in [-0.25, -0.2) is 4.68 Å². The van der Waals surface area contributed by atoms with Gasteiger partial charge in [0.05, 0.1) is 13.5 Å². The van der Waals surface area contributed by atoms with Gasteiger partial charge in [0.2, 0.25) is 11.9 Å². The third-order valence-electron chi connectivity index (χ3n) is 4.23. The Hall–Kier alpha value is -3.68. The van der Waals surface area contributed by atoms with Crippen molar-refractivity contribution < 1.29 is 14.3 Å². The molecule has 1 unspecified atom stereocenters. The van der Waals surface area contributed by atoms with E-state index in [2.05, 4.69) is 20.7 Å². The van der Waals surface area contributed by atoms with Crippen LogP contribution < -0.4 is 15.4 Å². The zero-order valence-electron chi connectivity index (χ0n) is 14.5. The van der Waals surface area contributed by atoms with Crippen molar-refractivity contribution in [3.63, 3.8) is 0 Å². The number of nitrogens with one attached hydrogen (secondary N) is 2. The second kappa shape index (κ2) is 6.91. The van der Waals surface area contributed by atoms with E-state index in [0.29, 0.717) is 23.2 Å². The molecule has 4 rings (SSSR count). The second-order valence-electron chi connectivity index (χ2n) is 6.06. The molecule has 0 aliphatic carbocycles. The topological polar surface area (TPSA) is 98.1 Å². The van der Waals surface area contributed by atoms with Crippen LogP contribution in [0.5, 0.6) is 5.75 Å². The number of hydrogen-bond donors (Lipinski definition) is 2. The lowest BCUT2D eigenvalue weighted by molar-refractivity contribution is -0.123. The summed E-state index contributed by atoms with van der Waals surface area (Å²) in [6.45, 7) is 0. The Morgan fingerprint density at radius 1 is 1.22 bits per heavy atom. The van der Waals surface area contributed by atoms with Gasteiger partial charge < -0.3 is 10.1 Å². The maximum Gasteiger partial charge on any atom is 0.252 e. The molecule has 1 atom stereocenters. The number of anilines is 2. The molecule has 27 heavy (non-hydrogen) atoms. The molecule has 2 aromatic carbocycles. The van der Waals surface area contributed by atoms with Gasteiger partial charge >= 0.3 is 0 Å². The highest BCUT2D eigenvalue weighted by Gasteiger charge is 2.35. The number of carbonyl (C=O) groups excluding carboxylic acids is 2. The lowest BCUT2D eigenvalue weighted by Crippen LogP contribution is -2.23. The molecule has 2 N–H and O–H groups in total. The molecule has 0 fully saturated rings. The Morgan fingerprint density at radius 3 is 2.81 bits per heavy atom. The van der Waals surface area contributed by atoms with E-state index in [1.54, 1.807) is 31.4 Å². The first-order chi connectivity index (χ1) is 13.1. The standard InChI is InChI=1S/C19H17N5O3/c1-27-14-9-5-8-13(10-14)20-16(25)11-15-18(26)22-19-21-17(23-24(15)19)12-6-3-2-4-7-12/h2-10,15H,11H2,1H3,(H,20,25)(H,21,22,23,26). The Labute approximate surface area is 155 Å². The van der Waals surface area contributed by atoms with Crippen LogP contribution in [-0.4, -0.2) is 33.7 Å². The zero-order valence-corrected chi connectivity index (χ0v) is 14.5. The number of fused-ring (bicyclic) bond motifs is 1. The Balaban J connectivity index is 1.50. The number of ether oxygens (including phenoxy) is 1. The van der Waals surface area contributed by atoms with Crippen LogP contribution in [0.2, 0.25) is 0 Å². The van der Waals surface area contributed by atoms with Crippen molar-refractivity contribution in [2.75, 3.05) is 17.7 Å². The van der Waals surface area contributed by atoms with Crippen LogP contribution >= 0.6 is 0 Å². The third kappa shape index (κ3) is 3.37. The van der Waals surface area contributed by atoms with Crippen LogP contribution in [0.15, 0.2) is 54.6 Å². The lowest BCUT2D eigenvalue weighted by Gasteiger charge is -2.10. The largest absolute Gasteiger partial charge is 0.497 e. The molecule has 3 aromatic rings. The van der Waals surface area contributed by atoms with Gasteiger partial charge in [0.25, 0.3) is 5.91 Å². The van der Waals surface area contributed by atoms with E-state index >= 15 is 0 Å². The molecule has 0 spiro atoms. The fourth-order valence-electron chi connectivity index (χ4n) is 2.91. The number of amides is 2. The van der Waals surface area contributed by atoms with Gasteiger partial charge in [-0.15, -0.1) is 5.10 Å². The van der Waals surface area contributed by atoms with E-state index in [1.807, 2.05) is 30.3 Å². The fraction of sp³-hybridized carbons (Fsp3) is 0.158. The van der Waals surface area contributed by atoms with Gasteiger partial charge in [0.1, 0.15) is 11.8 Å². The van der Waals surface area contributed by atoms with Crippen LogP contribution in [-0.2, 0) is 9.59 Å². The van der Waals surface area contributed by atoms with Gasteiger partial charge in [0, 0.05) is 17.3 Å². The first kappa shape index (κ1) is 16.8. The molecule has 1 aromatic heterocycles. The molecule has 0 bridgehead atoms. The van der Waals surface area contributed by atoms with Gasteiger partial charge in [-0.2, -0.15) is 4.98 Å². The summed E-state index contributed by atoms with van der Waals surface area (Å²) in [6.07, 6.45) is -0.0480. The highest BCUT2D eigenvalue weighted by atomic mass is 16.5. The fourth-order valence-corrected chi connectivity index (χ4v) is 2.91. The number of aromatic nitrogens is 3. The van der Waals surface area contributed by atoms with Crippen LogP contribution in [0, 0.1) is 0 Å². The van der Waals surface area contributed by atoms with E-state index in [0.717, 1.165) is 5.56 Å². The molecule has 2 heterocycles. The van der Waals surface area contributed by atoms with Crippen LogP contribution in [0.3, 0.4) is 0 Å². The number of methoxy groups -OCH3 is 1. The number of benzene rings is 2. The normalized spacial score (nSPS) is 15.1. The molecule has 0 radical (unpaired) electrons. The smallest absolute Gasteiger partial charge is 0.252 e.